The molecule has 36 heavy (non-hydrogen) atoms. The van der Waals surface area contributed by atoms with E-state index >= 15 is 0 Å². The van der Waals surface area contributed by atoms with Crippen LogP contribution in [0.25, 0.3) is 0 Å². The minimum atomic E-state index is -0.907. The van der Waals surface area contributed by atoms with Gasteiger partial charge in [0.25, 0.3) is 0 Å². The van der Waals surface area contributed by atoms with Crippen molar-refractivity contribution in [2.45, 2.75) is 83.2 Å². The lowest BCUT2D eigenvalue weighted by Gasteiger charge is -2.32. The van der Waals surface area contributed by atoms with Crippen molar-refractivity contribution in [1.29, 1.82) is 0 Å². The summed E-state index contributed by atoms with van der Waals surface area (Å²) in [5.41, 5.74) is 4.47. The van der Waals surface area contributed by atoms with Gasteiger partial charge >= 0.3 is 12.0 Å². The number of nitrogens with zero attached hydrogens (tertiary/aromatic N) is 1. The normalized spacial score (nSPS) is 21.9. The van der Waals surface area contributed by atoms with Crippen molar-refractivity contribution < 1.29 is 19.5 Å². The summed E-state index contributed by atoms with van der Waals surface area (Å²) < 4.78 is 0. The van der Waals surface area contributed by atoms with Crippen LogP contribution in [0.1, 0.15) is 91.3 Å². The van der Waals surface area contributed by atoms with Crippen molar-refractivity contribution in [3.63, 3.8) is 0 Å². The van der Waals surface area contributed by atoms with Crippen LogP contribution in [-0.2, 0) is 4.79 Å². The van der Waals surface area contributed by atoms with Crippen molar-refractivity contribution in [3.8, 4) is 0 Å². The smallest absolute Gasteiger partial charge is 0.335 e. The number of anilines is 1. The molecule has 3 N–H and O–H groups in total. The summed E-state index contributed by atoms with van der Waals surface area (Å²) in [6, 6.07) is 12.6. The van der Waals surface area contributed by atoms with Crippen LogP contribution in [0.15, 0.2) is 42.5 Å². The second-order valence-corrected chi connectivity index (χ2v) is 10.5. The Morgan fingerprint density at radius 1 is 0.972 bits per heavy atom. The van der Waals surface area contributed by atoms with Crippen LogP contribution in [0.4, 0.5) is 10.5 Å². The third kappa shape index (κ3) is 5.89. The number of nitrogens with one attached hydrogen (secondary N) is 2. The standard InChI is InChI=1S/C29H37N3O4/c1-18(2)20-8-12-24(13-9-20)31-29(36)32-16-4-5-26(32)27(33)30-23-14-10-21(11-15-23)25-17-22(28(34)35)7-6-19(25)3/h6-9,12-13,17-18,21,23,26H,4-5,10-11,14-16H2,1-3H3,(H,30,33)(H,31,36)(H,34,35)/t21?,23?,26-/m1/s1. The molecular formula is C29H37N3O4. The number of carboxylic acid groups (broad SMARTS) is 1. The monoisotopic (exact) mass is 491 g/mol. The molecule has 1 atom stereocenters. The number of amides is 3. The lowest BCUT2D eigenvalue weighted by Crippen LogP contribution is -2.50. The second-order valence-electron chi connectivity index (χ2n) is 10.5. The summed E-state index contributed by atoms with van der Waals surface area (Å²) >= 11 is 0. The maximum atomic E-state index is 13.1. The van der Waals surface area contributed by atoms with Crippen LogP contribution in [0.5, 0.6) is 0 Å². The third-order valence-electron chi connectivity index (χ3n) is 7.68. The minimum Gasteiger partial charge on any atom is -0.478 e. The van der Waals surface area contributed by atoms with E-state index in [1.165, 1.54) is 5.56 Å². The summed E-state index contributed by atoms with van der Waals surface area (Å²) in [7, 11) is 0. The molecular weight excluding hydrogens is 454 g/mol. The highest BCUT2D eigenvalue weighted by Crippen LogP contribution is 2.35. The molecule has 2 aromatic rings. The molecule has 1 aliphatic heterocycles. The van der Waals surface area contributed by atoms with E-state index in [9.17, 15) is 19.5 Å². The van der Waals surface area contributed by atoms with E-state index in [4.69, 9.17) is 0 Å². The van der Waals surface area contributed by atoms with Crippen LogP contribution in [0.2, 0.25) is 0 Å². The predicted molar refractivity (Wildman–Crippen MR) is 141 cm³/mol. The lowest BCUT2D eigenvalue weighted by molar-refractivity contribution is -0.125. The van der Waals surface area contributed by atoms with Crippen molar-refractivity contribution in [2.75, 3.05) is 11.9 Å². The van der Waals surface area contributed by atoms with Crippen molar-refractivity contribution in [1.82, 2.24) is 10.2 Å². The number of carbonyl (C=O) groups is 3. The molecule has 2 aromatic carbocycles. The minimum absolute atomic E-state index is 0.0748. The molecule has 1 aliphatic carbocycles. The van der Waals surface area contributed by atoms with Crippen LogP contribution < -0.4 is 10.6 Å². The van der Waals surface area contributed by atoms with Crippen molar-refractivity contribution in [3.05, 3.63) is 64.7 Å². The molecule has 1 saturated carbocycles. The number of aromatic carboxylic acids is 1. The Morgan fingerprint density at radius 3 is 2.31 bits per heavy atom. The molecule has 0 aromatic heterocycles. The zero-order valence-electron chi connectivity index (χ0n) is 21.4. The third-order valence-corrected chi connectivity index (χ3v) is 7.68. The zero-order valence-corrected chi connectivity index (χ0v) is 21.4. The topological polar surface area (TPSA) is 98.7 Å². The van der Waals surface area contributed by atoms with Crippen LogP contribution in [0, 0.1) is 6.92 Å². The molecule has 192 valence electrons. The van der Waals surface area contributed by atoms with Gasteiger partial charge in [-0.3, -0.25) is 4.79 Å². The first-order valence-corrected chi connectivity index (χ1v) is 13.0. The molecule has 0 bridgehead atoms. The number of rotatable bonds is 6. The molecule has 2 fully saturated rings. The molecule has 0 radical (unpaired) electrons. The summed E-state index contributed by atoms with van der Waals surface area (Å²) in [4.78, 5) is 39.1. The number of hydrogen-bond acceptors (Lipinski definition) is 3. The zero-order chi connectivity index (χ0) is 25.8. The molecule has 7 nitrogen and oxygen atoms in total. The van der Waals surface area contributed by atoms with Gasteiger partial charge in [-0.25, -0.2) is 9.59 Å². The van der Waals surface area contributed by atoms with Gasteiger partial charge in [-0.15, -0.1) is 0 Å². The Balaban J connectivity index is 1.31. The first-order valence-electron chi connectivity index (χ1n) is 13.0. The van der Waals surface area contributed by atoms with E-state index < -0.39 is 12.0 Å². The summed E-state index contributed by atoms with van der Waals surface area (Å²) in [6.45, 7) is 6.85. The number of aryl methyl sites for hydroxylation is 1. The first kappa shape index (κ1) is 25.7. The Kier molecular flexibility index (Phi) is 7.97. The van der Waals surface area contributed by atoms with Gasteiger partial charge in [-0.2, -0.15) is 0 Å². The SMILES string of the molecule is Cc1ccc(C(=O)O)cc1C1CCC(NC(=O)[C@H]2CCCN2C(=O)Nc2ccc(C(C)C)cc2)CC1. The van der Waals surface area contributed by atoms with E-state index in [2.05, 4.69) is 24.5 Å². The maximum Gasteiger partial charge on any atom is 0.335 e. The first-order chi connectivity index (χ1) is 17.2. The number of urea groups is 1. The molecule has 0 spiro atoms. The van der Waals surface area contributed by atoms with Gasteiger partial charge in [0.2, 0.25) is 5.91 Å². The number of hydrogen-bond donors (Lipinski definition) is 3. The lowest BCUT2D eigenvalue weighted by atomic mass is 9.79. The Morgan fingerprint density at radius 2 is 1.67 bits per heavy atom. The number of likely N-dealkylation sites (tertiary alicyclic amines) is 1. The fourth-order valence-corrected chi connectivity index (χ4v) is 5.49. The van der Waals surface area contributed by atoms with E-state index in [0.29, 0.717) is 30.4 Å². The van der Waals surface area contributed by atoms with Gasteiger partial charge < -0.3 is 20.6 Å². The van der Waals surface area contributed by atoms with Gasteiger partial charge in [0.15, 0.2) is 0 Å². The number of carboxylic acids is 1. The quantitative estimate of drug-likeness (QED) is 0.486. The molecule has 3 amide bonds. The van der Waals surface area contributed by atoms with E-state index in [0.717, 1.165) is 48.9 Å². The van der Waals surface area contributed by atoms with Crippen LogP contribution in [0.3, 0.4) is 0 Å². The fourth-order valence-electron chi connectivity index (χ4n) is 5.49. The Labute approximate surface area is 213 Å². The molecule has 1 heterocycles. The average Bonchev–Trinajstić information content (AvgIpc) is 3.36. The Hall–Kier alpha value is -3.35. The molecule has 4 rings (SSSR count). The summed E-state index contributed by atoms with van der Waals surface area (Å²) in [5, 5.41) is 15.5. The average molecular weight is 492 g/mol. The largest absolute Gasteiger partial charge is 0.478 e. The number of benzene rings is 2. The van der Waals surface area contributed by atoms with E-state index in [1.54, 1.807) is 17.0 Å². The molecule has 1 saturated heterocycles. The highest BCUT2D eigenvalue weighted by Gasteiger charge is 2.35. The van der Waals surface area contributed by atoms with E-state index in [-0.39, 0.29) is 18.0 Å². The highest BCUT2D eigenvalue weighted by atomic mass is 16.4. The molecule has 2 aliphatic rings. The summed E-state index contributed by atoms with van der Waals surface area (Å²) in [5.74, 6) is -0.260. The van der Waals surface area contributed by atoms with Gasteiger partial charge in [-0.1, -0.05) is 32.0 Å². The van der Waals surface area contributed by atoms with Gasteiger partial charge in [-0.05, 0) is 98.2 Å². The van der Waals surface area contributed by atoms with Gasteiger partial charge in [0, 0.05) is 18.3 Å². The van der Waals surface area contributed by atoms with Crippen molar-refractivity contribution >= 4 is 23.6 Å². The van der Waals surface area contributed by atoms with Gasteiger partial charge in [0.05, 0.1) is 5.56 Å². The Bertz CT molecular complexity index is 1100. The molecule has 0 unspecified atom stereocenters. The van der Waals surface area contributed by atoms with E-state index in [1.807, 2.05) is 37.3 Å². The predicted octanol–water partition coefficient (Wildman–Crippen LogP) is 5.66. The highest BCUT2D eigenvalue weighted by molar-refractivity contribution is 5.94. The fraction of sp³-hybridized carbons (Fsp3) is 0.483. The van der Waals surface area contributed by atoms with Crippen LogP contribution in [-0.4, -0.2) is 46.5 Å². The number of carbonyl (C=O) groups excluding carboxylic acids is 2. The second kappa shape index (κ2) is 11.1. The van der Waals surface area contributed by atoms with Crippen LogP contribution >= 0.6 is 0 Å². The maximum absolute atomic E-state index is 13.1. The van der Waals surface area contributed by atoms with Gasteiger partial charge in [0.1, 0.15) is 6.04 Å². The van der Waals surface area contributed by atoms with Crippen molar-refractivity contribution in [2.24, 2.45) is 0 Å². The summed E-state index contributed by atoms with van der Waals surface area (Å²) in [6.07, 6.45) is 4.96. The molecule has 7 heteroatoms.